The number of sulfonamides is 1. The summed E-state index contributed by atoms with van der Waals surface area (Å²) in [5.41, 5.74) is 8.06. The topological polar surface area (TPSA) is 113 Å². The van der Waals surface area contributed by atoms with Gasteiger partial charge in [0.15, 0.2) is 11.7 Å². The van der Waals surface area contributed by atoms with Crippen LogP contribution in [0.25, 0.3) is 11.3 Å². The molecule has 0 aliphatic heterocycles. The highest BCUT2D eigenvalue weighted by molar-refractivity contribution is 7.89. The third-order valence-electron chi connectivity index (χ3n) is 4.87. The number of amides is 1. The zero-order valence-corrected chi connectivity index (χ0v) is 17.9. The smallest absolute Gasteiger partial charge is 0.240 e. The Morgan fingerprint density at radius 3 is 2.48 bits per heavy atom. The minimum absolute atomic E-state index is 0.0544. The quantitative estimate of drug-likeness (QED) is 0.441. The van der Waals surface area contributed by atoms with Crippen LogP contribution in [-0.4, -0.2) is 25.4 Å². The number of hydrogen-bond donors (Lipinski definition) is 3. The lowest BCUT2D eigenvalue weighted by Crippen LogP contribution is -2.29. The molecular weight excluding hydrogens is 416 g/mol. The van der Waals surface area contributed by atoms with Crippen LogP contribution < -0.4 is 15.6 Å². The van der Waals surface area contributed by atoms with E-state index < -0.39 is 10.0 Å². The molecule has 0 unspecified atom stereocenters. The highest BCUT2D eigenvalue weighted by Crippen LogP contribution is 2.23. The Hall–Kier alpha value is -3.17. The Kier molecular flexibility index (Phi) is 6.06. The van der Waals surface area contributed by atoms with Gasteiger partial charge in [0.25, 0.3) is 0 Å². The lowest BCUT2D eigenvalue weighted by atomic mass is 10.1. The second-order valence-electron chi connectivity index (χ2n) is 7.58. The van der Waals surface area contributed by atoms with Gasteiger partial charge in [0.1, 0.15) is 0 Å². The van der Waals surface area contributed by atoms with Gasteiger partial charge in [-0.25, -0.2) is 18.1 Å². The minimum Gasteiger partial charge on any atom is -0.441 e. The van der Waals surface area contributed by atoms with Crippen LogP contribution in [0, 0.1) is 6.92 Å². The molecule has 1 saturated carbocycles. The van der Waals surface area contributed by atoms with Crippen molar-refractivity contribution in [2.45, 2.75) is 43.5 Å². The lowest BCUT2D eigenvalue weighted by molar-refractivity contribution is -0.120. The van der Waals surface area contributed by atoms with Crippen LogP contribution in [0.1, 0.15) is 30.7 Å². The molecule has 0 radical (unpaired) electrons. The van der Waals surface area contributed by atoms with E-state index in [2.05, 4.69) is 20.6 Å². The fourth-order valence-electron chi connectivity index (χ4n) is 2.91. The molecule has 1 fully saturated rings. The molecule has 3 N–H and O–H groups in total. The monoisotopic (exact) mass is 440 g/mol. The summed E-state index contributed by atoms with van der Waals surface area (Å²) >= 11 is 0. The van der Waals surface area contributed by atoms with Crippen LogP contribution in [0.3, 0.4) is 0 Å². The number of aryl methyl sites for hydroxylation is 2. The summed E-state index contributed by atoms with van der Waals surface area (Å²) in [5.74, 6) is 0.922. The number of aromatic nitrogens is 1. The first-order chi connectivity index (χ1) is 14.9. The van der Waals surface area contributed by atoms with Crippen molar-refractivity contribution in [1.82, 2.24) is 15.1 Å². The van der Waals surface area contributed by atoms with Crippen molar-refractivity contribution in [2.24, 2.45) is 0 Å². The van der Waals surface area contributed by atoms with Crippen LogP contribution in [0.15, 0.2) is 64.0 Å². The van der Waals surface area contributed by atoms with Crippen LogP contribution in [0.5, 0.6) is 0 Å². The van der Waals surface area contributed by atoms with E-state index in [1.807, 2.05) is 31.2 Å². The van der Waals surface area contributed by atoms with Gasteiger partial charge in [0.05, 0.1) is 16.8 Å². The van der Waals surface area contributed by atoms with Gasteiger partial charge in [0, 0.05) is 24.4 Å². The van der Waals surface area contributed by atoms with E-state index in [4.69, 9.17) is 4.42 Å². The number of hydrogen-bond acceptors (Lipinski definition) is 6. The molecule has 1 amide bonds. The molecule has 2 aromatic carbocycles. The number of hydrazine groups is 1. The fourth-order valence-corrected chi connectivity index (χ4v) is 4.21. The van der Waals surface area contributed by atoms with Crippen LogP contribution >= 0.6 is 0 Å². The highest BCUT2D eigenvalue weighted by Gasteiger charge is 2.27. The maximum atomic E-state index is 12.2. The average molecular weight is 441 g/mol. The zero-order valence-electron chi connectivity index (χ0n) is 17.1. The summed E-state index contributed by atoms with van der Waals surface area (Å²) in [7, 11) is -3.49. The first kappa shape index (κ1) is 21.1. The maximum absolute atomic E-state index is 12.2. The van der Waals surface area contributed by atoms with E-state index in [1.165, 1.54) is 17.7 Å². The summed E-state index contributed by atoms with van der Waals surface area (Å²) in [5, 5.41) is 0. The first-order valence-corrected chi connectivity index (χ1v) is 11.6. The van der Waals surface area contributed by atoms with Crippen molar-refractivity contribution >= 4 is 21.6 Å². The molecule has 4 rings (SSSR count). The molecule has 9 heteroatoms. The molecule has 1 heterocycles. The number of anilines is 1. The Morgan fingerprint density at radius 2 is 1.81 bits per heavy atom. The van der Waals surface area contributed by atoms with Crippen molar-refractivity contribution in [3.8, 4) is 11.3 Å². The Labute approximate surface area is 181 Å². The largest absolute Gasteiger partial charge is 0.441 e. The molecule has 0 spiro atoms. The van der Waals surface area contributed by atoms with Gasteiger partial charge in [0.2, 0.25) is 15.9 Å². The molecule has 1 aliphatic carbocycles. The fraction of sp³-hybridized carbons (Fsp3) is 0.273. The summed E-state index contributed by atoms with van der Waals surface area (Å²) < 4.78 is 32.7. The van der Waals surface area contributed by atoms with E-state index in [9.17, 15) is 13.2 Å². The second-order valence-corrected chi connectivity index (χ2v) is 9.29. The lowest BCUT2D eigenvalue weighted by Gasteiger charge is -2.09. The van der Waals surface area contributed by atoms with E-state index >= 15 is 0 Å². The van der Waals surface area contributed by atoms with Gasteiger partial charge < -0.3 is 4.42 Å². The van der Waals surface area contributed by atoms with E-state index in [0.717, 1.165) is 18.4 Å². The number of carbonyl (C=O) groups excluding carboxylic acids is 1. The van der Waals surface area contributed by atoms with Gasteiger partial charge in [-0.2, -0.15) is 0 Å². The molecule has 162 valence electrons. The maximum Gasteiger partial charge on any atom is 0.240 e. The van der Waals surface area contributed by atoms with E-state index in [0.29, 0.717) is 23.8 Å². The summed E-state index contributed by atoms with van der Waals surface area (Å²) in [6.45, 7) is 2.02. The number of rotatable bonds is 9. The molecule has 1 aliphatic rings. The standard InChI is InChI=1S/C22H24N4O4S/c1-15-2-4-16(5-3-15)20-14-23-22(30-20)13-12-21(27)25-24-17-8-10-19(11-9-17)31(28,29)26-18-6-7-18/h2-5,8-11,14,18,24,26H,6-7,12-13H2,1H3,(H,25,27). The van der Waals surface area contributed by atoms with Gasteiger partial charge in [-0.1, -0.05) is 29.8 Å². The average Bonchev–Trinajstić information content (AvgIpc) is 3.43. The summed E-state index contributed by atoms with van der Waals surface area (Å²) in [6.07, 6.45) is 3.98. The van der Waals surface area contributed by atoms with Crippen molar-refractivity contribution < 1.29 is 17.6 Å². The third-order valence-corrected chi connectivity index (χ3v) is 6.40. The summed E-state index contributed by atoms with van der Waals surface area (Å²) in [4.78, 5) is 16.5. The molecule has 8 nitrogen and oxygen atoms in total. The predicted molar refractivity (Wildman–Crippen MR) is 117 cm³/mol. The Morgan fingerprint density at radius 1 is 1.10 bits per heavy atom. The number of nitrogens with zero attached hydrogens (tertiary/aromatic N) is 1. The van der Waals surface area contributed by atoms with Crippen molar-refractivity contribution in [2.75, 3.05) is 5.43 Å². The molecule has 0 saturated heterocycles. The molecule has 0 bridgehead atoms. The number of nitrogens with one attached hydrogen (secondary N) is 3. The minimum atomic E-state index is -3.49. The van der Waals surface area contributed by atoms with Crippen molar-refractivity contribution in [3.05, 3.63) is 66.2 Å². The molecule has 3 aromatic rings. The molecular formula is C22H24N4O4S. The van der Waals surface area contributed by atoms with Gasteiger partial charge in [-0.15, -0.1) is 0 Å². The molecule has 1 aromatic heterocycles. The molecule has 31 heavy (non-hydrogen) atoms. The number of carbonyl (C=O) groups is 1. The summed E-state index contributed by atoms with van der Waals surface area (Å²) in [6, 6.07) is 14.2. The van der Waals surface area contributed by atoms with Crippen molar-refractivity contribution in [3.63, 3.8) is 0 Å². The van der Waals surface area contributed by atoms with Crippen LogP contribution in [0.2, 0.25) is 0 Å². The zero-order chi connectivity index (χ0) is 21.8. The third kappa shape index (κ3) is 5.71. The van der Waals surface area contributed by atoms with Crippen molar-refractivity contribution in [1.29, 1.82) is 0 Å². The van der Waals surface area contributed by atoms with Gasteiger partial charge in [-0.3, -0.25) is 15.6 Å². The van der Waals surface area contributed by atoms with E-state index in [-0.39, 0.29) is 23.3 Å². The molecule has 0 atom stereocenters. The van der Waals surface area contributed by atoms with Crippen LogP contribution in [-0.2, 0) is 21.2 Å². The van der Waals surface area contributed by atoms with E-state index in [1.54, 1.807) is 18.3 Å². The SMILES string of the molecule is Cc1ccc(-c2cnc(CCC(=O)NNc3ccc(S(=O)(=O)NC4CC4)cc3)o2)cc1. The van der Waals surface area contributed by atoms with Gasteiger partial charge in [-0.05, 0) is 44.0 Å². The van der Waals surface area contributed by atoms with Crippen LogP contribution in [0.4, 0.5) is 5.69 Å². The number of oxazole rings is 1. The number of benzene rings is 2. The Bertz CT molecular complexity index is 1150. The highest BCUT2D eigenvalue weighted by atomic mass is 32.2. The second kappa shape index (κ2) is 8.91. The van der Waals surface area contributed by atoms with Gasteiger partial charge >= 0.3 is 0 Å². The predicted octanol–water partition coefficient (Wildman–Crippen LogP) is 3.17. The normalized spacial score (nSPS) is 13.7. The Balaban J connectivity index is 1.24. The first-order valence-electron chi connectivity index (χ1n) is 10.1.